The topological polar surface area (TPSA) is 9.23 Å². The average Bonchev–Trinajstić information content (AvgIpc) is 1.82. The summed E-state index contributed by atoms with van der Waals surface area (Å²) in [5.74, 6) is 0. The Balaban J connectivity index is 2.52. The molecule has 1 rings (SSSR count). The number of ether oxygens (including phenoxy) is 1. The van der Waals surface area contributed by atoms with Crippen LogP contribution in [0.5, 0.6) is 0 Å². The highest BCUT2D eigenvalue weighted by Crippen LogP contribution is 2.17. The van der Waals surface area contributed by atoms with Crippen LogP contribution in [0.15, 0.2) is 0 Å². The number of quaternary nitrogens is 1. The summed E-state index contributed by atoms with van der Waals surface area (Å²) in [5.41, 5.74) is 0. The SMILES string of the molecule is CCC[N+]1(C)CC(C)OC(C)C1. The summed E-state index contributed by atoms with van der Waals surface area (Å²) in [6.07, 6.45) is 2.14. The van der Waals surface area contributed by atoms with E-state index in [1.54, 1.807) is 0 Å². The summed E-state index contributed by atoms with van der Waals surface area (Å²) in [7, 11) is 2.35. The van der Waals surface area contributed by atoms with Crippen LogP contribution in [0.25, 0.3) is 0 Å². The molecule has 1 fully saturated rings. The van der Waals surface area contributed by atoms with Gasteiger partial charge in [0.25, 0.3) is 0 Å². The second-order valence-corrected chi connectivity index (χ2v) is 4.47. The molecule has 2 atom stereocenters. The molecule has 0 amide bonds. The van der Waals surface area contributed by atoms with Gasteiger partial charge in [0.15, 0.2) is 0 Å². The number of rotatable bonds is 2. The van der Waals surface area contributed by atoms with Crippen LogP contribution in [0, 0.1) is 0 Å². The first-order valence-electron chi connectivity index (χ1n) is 5.05. The highest BCUT2D eigenvalue weighted by molar-refractivity contribution is 4.62. The molecule has 0 aliphatic carbocycles. The molecule has 2 nitrogen and oxygen atoms in total. The molecule has 1 saturated heterocycles. The zero-order chi connectivity index (χ0) is 9.19. The van der Waals surface area contributed by atoms with Crippen molar-refractivity contribution in [1.82, 2.24) is 0 Å². The van der Waals surface area contributed by atoms with Gasteiger partial charge in [0.05, 0.1) is 13.6 Å². The molecule has 0 aromatic carbocycles. The zero-order valence-corrected chi connectivity index (χ0v) is 8.84. The van der Waals surface area contributed by atoms with E-state index >= 15 is 0 Å². The van der Waals surface area contributed by atoms with E-state index < -0.39 is 0 Å². The summed E-state index contributed by atoms with van der Waals surface area (Å²) in [4.78, 5) is 0. The lowest BCUT2D eigenvalue weighted by Crippen LogP contribution is -2.57. The molecule has 1 aliphatic rings. The van der Waals surface area contributed by atoms with Crippen LogP contribution in [0.2, 0.25) is 0 Å². The van der Waals surface area contributed by atoms with E-state index in [-0.39, 0.29) is 0 Å². The van der Waals surface area contributed by atoms with E-state index in [9.17, 15) is 0 Å². The number of morpholine rings is 1. The van der Waals surface area contributed by atoms with Crippen molar-refractivity contribution in [2.24, 2.45) is 0 Å². The number of hydrogen-bond donors (Lipinski definition) is 0. The molecule has 0 aromatic heterocycles. The fraction of sp³-hybridized carbons (Fsp3) is 1.00. The van der Waals surface area contributed by atoms with E-state index in [4.69, 9.17) is 4.74 Å². The van der Waals surface area contributed by atoms with Gasteiger partial charge in [-0.2, -0.15) is 0 Å². The minimum Gasteiger partial charge on any atom is -0.364 e. The van der Waals surface area contributed by atoms with E-state index in [1.165, 1.54) is 30.5 Å². The van der Waals surface area contributed by atoms with Gasteiger partial charge in [-0.1, -0.05) is 6.92 Å². The molecule has 1 heterocycles. The quantitative estimate of drug-likeness (QED) is 0.575. The summed E-state index contributed by atoms with van der Waals surface area (Å²) in [6.45, 7) is 10.3. The Morgan fingerprint density at radius 3 is 2.17 bits per heavy atom. The first kappa shape index (κ1) is 10.0. The molecule has 1 aliphatic heterocycles. The fourth-order valence-corrected chi connectivity index (χ4v) is 2.52. The molecule has 0 aromatic rings. The van der Waals surface area contributed by atoms with Crippen LogP contribution in [0.3, 0.4) is 0 Å². The Morgan fingerprint density at radius 2 is 1.75 bits per heavy atom. The molecule has 72 valence electrons. The Hall–Kier alpha value is -0.0800. The minimum absolute atomic E-state index is 0.435. The Labute approximate surface area is 76.1 Å². The molecule has 0 spiro atoms. The summed E-state index contributed by atoms with van der Waals surface area (Å²) < 4.78 is 6.91. The van der Waals surface area contributed by atoms with Crippen molar-refractivity contribution >= 4 is 0 Å². The third-order valence-corrected chi connectivity index (χ3v) is 2.62. The van der Waals surface area contributed by atoms with Crippen molar-refractivity contribution in [2.45, 2.75) is 39.4 Å². The molecule has 2 heteroatoms. The molecular formula is C10H22NO+. The van der Waals surface area contributed by atoms with Gasteiger partial charge in [-0.25, -0.2) is 0 Å². The predicted molar refractivity (Wildman–Crippen MR) is 51.1 cm³/mol. The van der Waals surface area contributed by atoms with E-state index in [0.29, 0.717) is 12.2 Å². The molecule has 0 bridgehead atoms. The van der Waals surface area contributed by atoms with Gasteiger partial charge in [0.1, 0.15) is 25.3 Å². The van der Waals surface area contributed by atoms with Crippen LogP contribution in [0.1, 0.15) is 27.2 Å². The van der Waals surface area contributed by atoms with Gasteiger partial charge < -0.3 is 9.22 Å². The lowest BCUT2D eigenvalue weighted by molar-refractivity contribution is -0.923. The second kappa shape index (κ2) is 3.75. The van der Waals surface area contributed by atoms with Crippen molar-refractivity contribution in [3.05, 3.63) is 0 Å². The lowest BCUT2D eigenvalue weighted by Gasteiger charge is -2.43. The first-order valence-corrected chi connectivity index (χ1v) is 5.05. The highest BCUT2D eigenvalue weighted by Gasteiger charge is 2.32. The standard InChI is InChI=1S/C10H22NO/c1-5-6-11(4)7-9(2)12-10(3)8-11/h9-10H,5-8H2,1-4H3/q+1. The Kier molecular flexibility index (Phi) is 3.13. The molecule has 0 radical (unpaired) electrons. The van der Waals surface area contributed by atoms with Crippen molar-refractivity contribution in [3.8, 4) is 0 Å². The van der Waals surface area contributed by atoms with Gasteiger partial charge in [-0.3, -0.25) is 0 Å². The van der Waals surface area contributed by atoms with Gasteiger partial charge >= 0.3 is 0 Å². The van der Waals surface area contributed by atoms with E-state index in [2.05, 4.69) is 27.8 Å². The predicted octanol–water partition coefficient (Wildman–Crippen LogP) is 1.65. The average molecular weight is 172 g/mol. The molecule has 0 saturated carbocycles. The normalized spacial score (nSPS) is 43.0. The van der Waals surface area contributed by atoms with Crippen LogP contribution in [-0.2, 0) is 4.74 Å². The van der Waals surface area contributed by atoms with Crippen molar-refractivity contribution in [2.75, 3.05) is 26.7 Å². The lowest BCUT2D eigenvalue weighted by atomic mass is 10.2. The van der Waals surface area contributed by atoms with Gasteiger partial charge in [-0.05, 0) is 20.3 Å². The van der Waals surface area contributed by atoms with Crippen LogP contribution < -0.4 is 0 Å². The van der Waals surface area contributed by atoms with Crippen LogP contribution >= 0.6 is 0 Å². The first-order chi connectivity index (χ1) is 5.56. The van der Waals surface area contributed by atoms with Crippen molar-refractivity contribution in [3.63, 3.8) is 0 Å². The second-order valence-electron chi connectivity index (χ2n) is 4.47. The molecule has 0 N–H and O–H groups in total. The highest BCUT2D eigenvalue weighted by atomic mass is 16.5. The van der Waals surface area contributed by atoms with E-state index in [1.807, 2.05) is 0 Å². The maximum absolute atomic E-state index is 5.71. The monoisotopic (exact) mass is 172 g/mol. The number of likely N-dealkylation sites (N-methyl/N-ethyl adjacent to an activating group) is 1. The van der Waals surface area contributed by atoms with Gasteiger partial charge in [0, 0.05) is 0 Å². The van der Waals surface area contributed by atoms with Gasteiger partial charge in [0.2, 0.25) is 0 Å². The van der Waals surface area contributed by atoms with Gasteiger partial charge in [-0.15, -0.1) is 0 Å². The summed E-state index contributed by atoms with van der Waals surface area (Å²) in [5, 5.41) is 0. The Morgan fingerprint density at radius 1 is 1.25 bits per heavy atom. The summed E-state index contributed by atoms with van der Waals surface area (Å²) in [6, 6.07) is 0. The fourth-order valence-electron chi connectivity index (χ4n) is 2.52. The zero-order valence-electron chi connectivity index (χ0n) is 8.84. The minimum atomic E-state index is 0.435. The maximum Gasteiger partial charge on any atom is 0.105 e. The summed E-state index contributed by atoms with van der Waals surface area (Å²) >= 11 is 0. The van der Waals surface area contributed by atoms with Crippen molar-refractivity contribution in [1.29, 1.82) is 0 Å². The van der Waals surface area contributed by atoms with Crippen molar-refractivity contribution < 1.29 is 9.22 Å². The molecule has 12 heavy (non-hydrogen) atoms. The maximum atomic E-state index is 5.71. The smallest absolute Gasteiger partial charge is 0.105 e. The number of nitrogens with zero attached hydrogens (tertiary/aromatic N) is 1. The third kappa shape index (κ3) is 2.46. The molecule has 2 unspecified atom stereocenters. The number of hydrogen-bond acceptors (Lipinski definition) is 1. The van der Waals surface area contributed by atoms with E-state index in [0.717, 1.165) is 0 Å². The van der Waals surface area contributed by atoms with Crippen LogP contribution in [0.4, 0.5) is 0 Å². The largest absolute Gasteiger partial charge is 0.364 e. The Bertz CT molecular complexity index is 137. The van der Waals surface area contributed by atoms with Crippen LogP contribution in [-0.4, -0.2) is 43.4 Å². The third-order valence-electron chi connectivity index (χ3n) is 2.62. The molecular weight excluding hydrogens is 150 g/mol.